The lowest BCUT2D eigenvalue weighted by molar-refractivity contribution is -0.141. The number of rotatable bonds is 9. The van der Waals surface area contributed by atoms with Gasteiger partial charge in [-0.2, -0.15) is 0 Å². The number of halogens is 2. The number of nitrogens with zero attached hydrogens (tertiary/aromatic N) is 1. The van der Waals surface area contributed by atoms with E-state index in [4.69, 9.17) is 23.2 Å². The summed E-state index contributed by atoms with van der Waals surface area (Å²) in [6, 6.07) is 4.71. The Bertz CT molecular complexity index is 571. The smallest absolute Gasteiger partial charge is 0.242 e. The summed E-state index contributed by atoms with van der Waals surface area (Å²) in [5.74, 6) is 0.146. The van der Waals surface area contributed by atoms with Crippen LogP contribution < -0.4 is 5.32 Å². The van der Waals surface area contributed by atoms with Crippen LogP contribution in [0.2, 0.25) is 10.0 Å². The van der Waals surface area contributed by atoms with Gasteiger partial charge in [-0.15, -0.1) is 0 Å². The predicted octanol–water partition coefficient (Wildman–Crippen LogP) is 4.67. The average Bonchev–Trinajstić information content (AvgIpc) is 2.55. The molecule has 2 amide bonds. The third kappa shape index (κ3) is 6.52. The second kappa shape index (κ2) is 10.7. The summed E-state index contributed by atoms with van der Waals surface area (Å²) in [6.45, 7) is 8.72. The highest BCUT2D eigenvalue weighted by Gasteiger charge is 2.29. The molecule has 1 atom stereocenters. The lowest BCUT2D eigenvalue weighted by Crippen LogP contribution is -2.49. The first-order valence-electron chi connectivity index (χ1n) is 8.81. The van der Waals surface area contributed by atoms with Crippen LogP contribution in [0.5, 0.6) is 0 Å². The number of carbonyl (C=O) groups excluding carboxylic acids is 2. The van der Waals surface area contributed by atoms with Crippen LogP contribution >= 0.6 is 23.2 Å². The van der Waals surface area contributed by atoms with Gasteiger partial charge in [0.1, 0.15) is 6.04 Å². The van der Waals surface area contributed by atoms with E-state index in [1.165, 1.54) is 0 Å². The Balaban J connectivity index is 3.09. The molecule has 0 aliphatic carbocycles. The van der Waals surface area contributed by atoms with Gasteiger partial charge in [0.15, 0.2) is 0 Å². The van der Waals surface area contributed by atoms with Gasteiger partial charge < -0.3 is 10.2 Å². The molecular formula is C19H28Cl2N2O2. The Morgan fingerprint density at radius 2 is 1.76 bits per heavy atom. The minimum Gasteiger partial charge on any atom is -0.354 e. The summed E-state index contributed by atoms with van der Waals surface area (Å²) in [5.41, 5.74) is 0.672. The van der Waals surface area contributed by atoms with Crippen molar-refractivity contribution < 1.29 is 9.59 Å². The summed E-state index contributed by atoms with van der Waals surface area (Å²) >= 11 is 12.5. The summed E-state index contributed by atoms with van der Waals surface area (Å²) in [6.07, 6.45) is 1.63. The topological polar surface area (TPSA) is 49.4 Å². The molecule has 0 fully saturated rings. The zero-order valence-corrected chi connectivity index (χ0v) is 17.0. The highest BCUT2D eigenvalue weighted by Crippen LogP contribution is 2.27. The van der Waals surface area contributed by atoms with E-state index in [0.717, 1.165) is 6.42 Å². The number of carbonyl (C=O) groups is 2. The molecule has 1 rings (SSSR count). The maximum Gasteiger partial charge on any atom is 0.242 e. The predicted molar refractivity (Wildman–Crippen MR) is 104 cm³/mol. The van der Waals surface area contributed by atoms with Gasteiger partial charge in [0.05, 0.1) is 0 Å². The van der Waals surface area contributed by atoms with Crippen LogP contribution in [-0.2, 0) is 16.1 Å². The zero-order valence-electron chi connectivity index (χ0n) is 15.4. The van der Waals surface area contributed by atoms with E-state index in [1.807, 2.05) is 27.7 Å². The molecule has 0 aliphatic heterocycles. The Morgan fingerprint density at radius 1 is 1.16 bits per heavy atom. The van der Waals surface area contributed by atoms with E-state index in [-0.39, 0.29) is 18.4 Å². The molecule has 4 nitrogen and oxygen atoms in total. The fraction of sp³-hybridized carbons (Fsp3) is 0.579. The molecule has 0 spiro atoms. The summed E-state index contributed by atoms with van der Waals surface area (Å²) in [4.78, 5) is 26.9. The van der Waals surface area contributed by atoms with E-state index in [0.29, 0.717) is 40.9 Å². The van der Waals surface area contributed by atoms with Crippen molar-refractivity contribution >= 4 is 35.0 Å². The van der Waals surface area contributed by atoms with Crippen molar-refractivity contribution in [1.29, 1.82) is 0 Å². The van der Waals surface area contributed by atoms with Gasteiger partial charge in [-0.1, -0.05) is 57.0 Å². The minimum absolute atomic E-state index is 0.0648. The van der Waals surface area contributed by atoms with Crippen LogP contribution in [0.15, 0.2) is 18.2 Å². The molecule has 0 aromatic heterocycles. The van der Waals surface area contributed by atoms with E-state index >= 15 is 0 Å². The molecule has 0 saturated heterocycles. The largest absolute Gasteiger partial charge is 0.354 e. The number of hydrogen-bond acceptors (Lipinski definition) is 2. The highest BCUT2D eigenvalue weighted by atomic mass is 35.5. The van der Waals surface area contributed by atoms with Crippen molar-refractivity contribution in [1.82, 2.24) is 10.2 Å². The molecule has 1 N–H and O–H groups in total. The van der Waals surface area contributed by atoms with Gasteiger partial charge in [-0.3, -0.25) is 9.59 Å². The van der Waals surface area contributed by atoms with Crippen molar-refractivity contribution in [2.45, 2.75) is 59.5 Å². The van der Waals surface area contributed by atoms with E-state index < -0.39 is 6.04 Å². The molecule has 25 heavy (non-hydrogen) atoms. The van der Waals surface area contributed by atoms with Crippen molar-refractivity contribution in [3.63, 3.8) is 0 Å². The molecule has 0 heterocycles. The Hall–Kier alpha value is -1.26. The van der Waals surface area contributed by atoms with Gasteiger partial charge in [-0.05, 0) is 30.9 Å². The molecule has 6 heteroatoms. The first-order valence-corrected chi connectivity index (χ1v) is 9.57. The average molecular weight is 387 g/mol. The molecule has 1 aromatic carbocycles. The monoisotopic (exact) mass is 386 g/mol. The Labute approximate surface area is 160 Å². The molecule has 1 aromatic rings. The second-order valence-electron chi connectivity index (χ2n) is 6.53. The number of hydrogen-bond donors (Lipinski definition) is 1. The fourth-order valence-corrected chi connectivity index (χ4v) is 3.07. The van der Waals surface area contributed by atoms with Crippen molar-refractivity contribution in [3.05, 3.63) is 33.8 Å². The highest BCUT2D eigenvalue weighted by molar-refractivity contribution is 6.36. The lowest BCUT2D eigenvalue weighted by Gasteiger charge is -2.31. The second-order valence-corrected chi connectivity index (χ2v) is 7.35. The van der Waals surface area contributed by atoms with Gasteiger partial charge >= 0.3 is 0 Å². The molecule has 0 radical (unpaired) electrons. The van der Waals surface area contributed by atoms with Gasteiger partial charge in [0, 0.05) is 35.1 Å². The first kappa shape index (κ1) is 21.8. The zero-order chi connectivity index (χ0) is 19.0. The van der Waals surface area contributed by atoms with Crippen LogP contribution in [0.4, 0.5) is 0 Å². The number of benzene rings is 1. The van der Waals surface area contributed by atoms with Crippen molar-refractivity contribution in [2.75, 3.05) is 6.54 Å². The van der Waals surface area contributed by atoms with Crippen LogP contribution in [0.3, 0.4) is 0 Å². The number of amides is 2. The summed E-state index contributed by atoms with van der Waals surface area (Å²) in [7, 11) is 0. The maximum atomic E-state index is 12.7. The Kier molecular flexibility index (Phi) is 9.30. The van der Waals surface area contributed by atoms with Crippen molar-refractivity contribution in [2.24, 2.45) is 5.92 Å². The van der Waals surface area contributed by atoms with Crippen LogP contribution in [0.25, 0.3) is 0 Å². The third-order valence-electron chi connectivity index (χ3n) is 3.92. The van der Waals surface area contributed by atoms with Crippen LogP contribution in [0, 0.1) is 5.92 Å². The third-order valence-corrected chi connectivity index (χ3v) is 4.63. The lowest BCUT2D eigenvalue weighted by atomic mass is 10.1. The van der Waals surface area contributed by atoms with Gasteiger partial charge in [0.25, 0.3) is 0 Å². The van der Waals surface area contributed by atoms with Crippen LogP contribution in [-0.4, -0.2) is 29.3 Å². The van der Waals surface area contributed by atoms with Crippen molar-refractivity contribution in [3.8, 4) is 0 Å². The maximum absolute atomic E-state index is 12.7. The fourth-order valence-electron chi connectivity index (χ4n) is 2.55. The quantitative estimate of drug-likeness (QED) is 0.669. The van der Waals surface area contributed by atoms with Crippen LogP contribution in [0.1, 0.15) is 52.5 Å². The van der Waals surface area contributed by atoms with E-state index in [2.05, 4.69) is 5.32 Å². The number of nitrogens with one attached hydrogen (secondary N) is 1. The molecule has 0 aliphatic rings. The standard InChI is InChI=1S/C19H28Cl2N2O2/c1-5-8-18(24)23(12-14-15(20)9-7-10-16(14)21)17(6-2)19(25)22-11-13(3)4/h7,9-10,13,17H,5-6,8,11-12H2,1-4H3,(H,22,25)/t17-/m0/s1. The Morgan fingerprint density at radius 3 is 2.24 bits per heavy atom. The van der Waals surface area contributed by atoms with E-state index in [9.17, 15) is 9.59 Å². The van der Waals surface area contributed by atoms with E-state index in [1.54, 1.807) is 23.1 Å². The molecule has 0 unspecified atom stereocenters. The van der Waals surface area contributed by atoms with Gasteiger partial charge in [-0.25, -0.2) is 0 Å². The first-order chi connectivity index (χ1) is 11.8. The van der Waals surface area contributed by atoms with Gasteiger partial charge in [0.2, 0.25) is 11.8 Å². The minimum atomic E-state index is -0.537. The SMILES string of the molecule is CCCC(=O)N(Cc1c(Cl)cccc1Cl)[C@@H](CC)C(=O)NCC(C)C. The summed E-state index contributed by atoms with van der Waals surface area (Å²) in [5, 5.41) is 3.93. The summed E-state index contributed by atoms with van der Waals surface area (Å²) < 4.78 is 0. The normalized spacial score (nSPS) is 12.1. The molecule has 0 bridgehead atoms. The molecule has 140 valence electrons. The molecular weight excluding hydrogens is 359 g/mol. The molecule has 0 saturated carbocycles.